The van der Waals surface area contributed by atoms with Crippen LogP contribution >= 0.6 is 21.9 Å². The van der Waals surface area contributed by atoms with Crippen molar-refractivity contribution in [2.75, 3.05) is 29.5 Å². The molecular weight excluding hydrogens is 568 g/mol. The molecule has 1 aliphatic heterocycles. The average molecular weight is 600 g/mol. The van der Waals surface area contributed by atoms with E-state index >= 15 is 0 Å². The number of nitrogens with one attached hydrogen (secondary N) is 1. The maximum atomic E-state index is 14.7. The highest BCUT2D eigenvalue weighted by atomic mass is 32.3. The zero-order valence-electron chi connectivity index (χ0n) is 22.3. The maximum absolute atomic E-state index is 14.7. The fourth-order valence-electron chi connectivity index (χ4n) is 5.71. The predicted molar refractivity (Wildman–Crippen MR) is 156 cm³/mol. The molecule has 2 aliphatic carbocycles. The lowest BCUT2D eigenvalue weighted by atomic mass is 9.75. The summed E-state index contributed by atoms with van der Waals surface area (Å²) in [5.74, 6) is -1.18. The van der Waals surface area contributed by atoms with Crippen molar-refractivity contribution >= 4 is 33.5 Å². The van der Waals surface area contributed by atoms with E-state index in [-0.39, 0.29) is 18.2 Å². The molecule has 3 N–H and O–H groups in total. The van der Waals surface area contributed by atoms with Gasteiger partial charge in [-0.05, 0) is 55.9 Å². The van der Waals surface area contributed by atoms with E-state index in [4.69, 9.17) is 4.98 Å². The van der Waals surface area contributed by atoms with E-state index in [1.807, 2.05) is 24.3 Å². The molecule has 12 heteroatoms. The lowest BCUT2D eigenvalue weighted by Gasteiger charge is -2.41. The Morgan fingerprint density at radius 1 is 1.15 bits per heavy atom. The van der Waals surface area contributed by atoms with Crippen molar-refractivity contribution in [1.82, 2.24) is 15.3 Å². The van der Waals surface area contributed by atoms with Crippen LogP contribution < -0.4 is 10.2 Å². The van der Waals surface area contributed by atoms with E-state index in [1.54, 1.807) is 6.20 Å². The summed E-state index contributed by atoms with van der Waals surface area (Å²) in [6.07, 6.45) is 3.52. The maximum Gasteiger partial charge on any atom is 0.225 e. The number of thiazole rings is 1. The second kappa shape index (κ2) is 10.9. The molecule has 0 unspecified atom stereocenters. The first-order valence-electron chi connectivity index (χ1n) is 13.7. The number of carbonyl (C=O) groups is 1. The number of rotatable bonds is 6. The highest BCUT2D eigenvalue weighted by molar-refractivity contribution is 8.24. The Kier molecular flexibility index (Phi) is 7.48. The third-order valence-corrected chi connectivity index (χ3v) is 11.1. The quantitative estimate of drug-likeness (QED) is 0.319. The van der Waals surface area contributed by atoms with E-state index in [2.05, 4.69) is 21.3 Å². The van der Waals surface area contributed by atoms with Gasteiger partial charge < -0.3 is 10.2 Å². The second-order valence-corrected chi connectivity index (χ2v) is 14.6. The minimum absolute atomic E-state index is 0.0545. The van der Waals surface area contributed by atoms with Gasteiger partial charge in [-0.2, -0.15) is 15.9 Å². The molecule has 8 nitrogen and oxygen atoms in total. The molecule has 3 aliphatic rings. The first kappa shape index (κ1) is 28.0. The second-order valence-electron chi connectivity index (χ2n) is 11.2. The van der Waals surface area contributed by atoms with Crippen LogP contribution in [0.1, 0.15) is 43.7 Å². The summed E-state index contributed by atoms with van der Waals surface area (Å²) in [5, 5.41) is 12.9. The Hall–Kier alpha value is -3.11. The topological polar surface area (TPSA) is 122 Å². The molecule has 3 aromatic rings. The number of hydrogen-bond donors (Lipinski definition) is 3. The third kappa shape index (κ3) is 5.95. The molecule has 0 bridgehead atoms. The molecule has 2 aromatic heterocycles. The molecule has 3 heterocycles. The molecule has 0 radical (unpaired) electrons. The number of amides is 1. The first-order chi connectivity index (χ1) is 19.7. The van der Waals surface area contributed by atoms with Gasteiger partial charge in [0.05, 0.1) is 34.3 Å². The normalized spacial score (nSPS) is 25.6. The molecule has 41 heavy (non-hydrogen) atoms. The van der Waals surface area contributed by atoms with Crippen molar-refractivity contribution in [2.45, 2.75) is 49.7 Å². The highest BCUT2D eigenvalue weighted by Gasteiger charge is 2.48. The van der Waals surface area contributed by atoms with Crippen LogP contribution in [0.4, 0.5) is 14.5 Å². The number of pyridine rings is 1. The summed E-state index contributed by atoms with van der Waals surface area (Å²) in [7, 11) is -2.50. The number of nitriles is 1. The fraction of sp³-hybridized carbons (Fsp3) is 0.448. The summed E-state index contributed by atoms with van der Waals surface area (Å²) in [4.78, 5) is 25.3. The van der Waals surface area contributed by atoms with E-state index in [9.17, 15) is 27.9 Å². The van der Waals surface area contributed by atoms with Gasteiger partial charge in [0.15, 0.2) is 0 Å². The number of nitrogens with zero attached hydrogens (tertiary/aromatic N) is 4. The van der Waals surface area contributed by atoms with Crippen molar-refractivity contribution in [3.63, 3.8) is 0 Å². The minimum Gasteiger partial charge on any atom is -0.368 e. The molecule has 6 rings (SSSR count). The number of anilines is 1. The Balaban J connectivity index is 1.36. The van der Waals surface area contributed by atoms with Gasteiger partial charge >= 0.3 is 0 Å². The average Bonchev–Trinajstić information content (AvgIpc) is 3.59. The van der Waals surface area contributed by atoms with Crippen molar-refractivity contribution in [2.24, 2.45) is 5.92 Å². The van der Waals surface area contributed by atoms with E-state index < -0.39 is 34.0 Å². The van der Waals surface area contributed by atoms with Gasteiger partial charge in [-0.3, -0.25) is 18.9 Å². The summed E-state index contributed by atoms with van der Waals surface area (Å²) in [6.45, 7) is 1.11. The number of carbonyl (C=O) groups excluding carboxylic acids is 1. The SMILES string of the molecule is N#CC1(NC(=O)[C@@H]2C[C@@H](F)CC[C@H]2c2nc(-c3cncc(F)c3)sc2-c2ccc(N3CCS(O)(O)CC3)cc2)CC1. The van der Waals surface area contributed by atoms with Crippen LogP contribution in [0, 0.1) is 23.1 Å². The molecule has 1 saturated heterocycles. The smallest absolute Gasteiger partial charge is 0.225 e. The zero-order valence-corrected chi connectivity index (χ0v) is 23.9. The Labute approximate surface area is 242 Å². The van der Waals surface area contributed by atoms with Gasteiger partial charge in [0.2, 0.25) is 5.91 Å². The first-order valence-corrected chi connectivity index (χ1v) is 16.4. The van der Waals surface area contributed by atoms with Gasteiger partial charge in [-0.15, -0.1) is 11.3 Å². The number of benzene rings is 1. The minimum atomic E-state index is -2.50. The molecule has 216 valence electrons. The summed E-state index contributed by atoms with van der Waals surface area (Å²) in [6, 6.07) is 11.4. The van der Waals surface area contributed by atoms with Crippen LogP contribution in [0.2, 0.25) is 0 Å². The van der Waals surface area contributed by atoms with E-state index in [0.29, 0.717) is 66.5 Å². The fourth-order valence-corrected chi connectivity index (χ4v) is 8.06. The standard InChI is InChI=1S/C29H31F2N5O3S2/c30-20-3-6-23(24(14-20)27(37)35-29(17-32)7-8-29)25-26(40-28(34-25)19-13-21(31)16-33-15-19)18-1-4-22(5-2-18)36-9-11-41(38,39)12-10-36/h1-2,4-5,13,15-16,20,23-24,38-39H,3,6-12,14H2,(H,35,37)/t20-,23+,24+/m0/s1. The molecule has 2 saturated carbocycles. The molecule has 3 atom stereocenters. The van der Waals surface area contributed by atoms with Gasteiger partial charge in [-0.25, -0.2) is 13.8 Å². The summed E-state index contributed by atoms with van der Waals surface area (Å²) >= 11 is 1.38. The van der Waals surface area contributed by atoms with Gasteiger partial charge in [0, 0.05) is 42.4 Å². The number of alkyl halides is 1. The third-order valence-electron chi connectivity index (χ3n) is 8.28. The van der Waals surface area contributed by atoms with Crippen molar-refractivity contribution in [3.05, 3.63) is 54.2 Å². The molecule has 0 spiro atoms. The number of halogens is 2. The summed E-state index contributed by atoms with van der Waals surface area (Å²) < 4.78 is 48.7. The zero-order chi connectivity index (χ0) is 28.8. The van der Waals surface area contributed by atoms with E-state index in [1.165, 1.54) is 17.4 Å². The Morgan fingerprint density at radius 3 is 2.54 bits per heavy atom. The molecule has 1 aromatic carbocycles. The lowest BCUT2D eigenvalue weighted by Crippen LogP contribution is -2.44. The molecular formula is C29H31F2N5O3S2. The van der Waals surface area contributed by atoms with Crippen molar-refractivity contribution < 1.29 is 22.7 Å². The molecule has 1 amide bonds. The van der Waals surface area contributed by atoms with Crippen LogP contribution in [0.15, 0.2) is 42.7 Å². The molecule has 3 fully saturated rings. The van der Waals surface area contributed by atoms with Crippen LogP contribution in [0.5, 0.6) is 0 Å². The van der Waals surface area contributed by atoms with Gasteiger partial charge in [0.1, 0.15) is 22.5 Å². The van der Waals surface area contributed by atoms with Crippen molar-refractivity contribution in [1.29, 1.82) is 5.26 Å². The largest absolute Gasteiger partial charge is 0.368 e. The van der Waals surface area contributed by atoms with Gasteiger partial charge in [-0.1, -0.05) is 12.1 Å². The Morgan fingerprint density at radius 2 is 1.88 bits per heavy atom. The van der Waals surface area contributed by atoms with E-state index in [0.717, 1.165) is 22.3 Å². The Bertz CT molecular complexity index is 1480. The van der Waals surface area contributed by atoms with Crippen LogP contribution in [0.25, 0.3) is 21.0 Å². The predicted octanol–water partition coefficient (Wildman–Crippen LogP) is 5.98. The van der Waals surface area contributed by atoms with Crippen LogP contribution in [0.3, 0.4) is 0 Å². The van der Waals surface area contributed by atoms with Gasteiger partial charge in [0.25, 0.3) is 0 Å². The highest BCUT2D eigenvalue weighted by Crippen LogP contribution is 2.47. The summed E-state index contributed by atoms with van der Waals surface area (Å²) in [5.41, 5.74) is 2.17. The number of aromatic nitrogens is 2. The van der Waals surface area contributed by atoms with Crippen molar-refractivity contribution in [3.8, 4) is 27.1 Å². The number of hydrogen-bond acceptors (Lipinski definition) is 8. The van der Waals surface area contributed by atoms with Crippen LogP contribution in [-0.2, 0) is 4.79 Å². The monoisotopic (exact) mass is 599 g/mol. The van der Waals surface area contributed by atoms with Crippen LogP contribution in [-0.4, -0.2) is 61.3 Å². The lowest BCUT2D eigenvalue weighted by molar-refractivity contribution is -0.128.